The Hall–Kier alpha value is -0.930. The summed E-state index contributed by atoms with van der Waals surface area (Å²) in [6, 6.07) is 6.69. The summed E-state index contributed by atoms with van der Waals surface area (Å²) in [4.78, 5) is 2.25. The van der Waals surface area contributed by atoms with Crippen molar-refractivity contribution in [2.24, 2.45) is 11.1 Å². The van der Waals surface area contributed by atoms with Crippen LogP contribution in [0.1, 0.15) is 25.8 Å². The SMILES string of the molecule is CN(Cc1ccc(F)cc1)CC(C)(C)CCN. The Morgan fingerprint density at radius 2 is 1.82 bits per heavy atom. The average molecular weight is 238 g/mol. The summed E-state index contributed by atoms with van der Waals surface area (Å²) in [7, 11) is 2.08. The minimum Gasteiger partial charge on any atom is -0.330 e. The number of nitrogens with zero attached hydrogens (tertiary/aromatic N) is 1. The molecule has 1 aromatic rings. The Bertz CT molecular complexity index is 333. The second-order valence-electron chi connectivity index (χ2n) is 5.50. The Kier molecular flexibility index (Phi) is 5.09. The highest BCUT2D eigenvalue weighted by Crippen LogP contribution is 2.21. The van der Waals surface area contributed by atoms with Gasteiger partial charge in [-0.05, 0) is 43.1 Å². The predicted octanol–water partition coefficient (Wildman–Crippen LogP) is 2.63. The van der Waals surface area contributed by atoms with Crippen LogP contribution in [0.25, 0.3) is 0 Å². The maximum absolute atomic E-state index is 12.8. The standard InChI is InChI=1S/C14H23FN2/c1-14(2,8-9-16)11-17(3)10-12-4-6-13(15)7-5-12/h4-7H,8-11,16H2,1-3H3. The number of rotatable bonds is 6. The fraction of sp³-hybridized carbons (Fsp3) is 0.571. The first kappa shape index (κ1) is 14.1. The second kappa shape index (κ2) is 6.12. The molecule has 0 radical (unpaired) electrons. The smallest absolute Gasteiger partial charge is 0.123 e. The van der Waals surface area contributed by atoms with Gasteiger partial charge in [0, 0.05) is 13.1 Å². The topological polar surface area (TPSA) is 29.3 Å². The van der Waals surface area contributed by atoms with Crippen LogP contribution in [-0.4, -0.2) is 25.0 Å². The van der Waals surface area contributed by atoms with Crippen molar-refractivity contribution in [3.63, 3.8) is 0 Å². The minimum absolute atomic E-state index is 0.181. The summed E-state index contributed by atoms with van der Waals surface area (Å²) in [6.07, 6.45) is 1.01. The van der Waals surface area contributed by atoms with Crippen LogP contribution in [0.3, 0.4) is 0 Å². The van der Waals surface area contributed by atoms with Gasteiger partial charge in [0.15, 0.2) is 0 Å². The molecule has 0 amide bonds. The Morgan fingerprint density at radius 1 is 1.24 bits per heavy atom. The quantitative estimate of drug-likeness (QED) is 0.825. The van der Waals surface area contributed by atoms with Crippen molar-refractivity contribution >= 4 is 0 Å². The van der Waals surface area contributed by atoms with Gasteiger partial charge in [0.25, 0.3) is 0 Å². The van der Waals surface area contributed by atoms with Gasteiger partial charge in [-0.2, -0.15) is 0 Å². The number of halogens is 1. The predicted molar refractivity (Wildman–Crippen MR) is 70.2 cm³/mol. The first-order valence-corrected chi connectivity index (χ1v) is 6.06. The molecule has 0 spiro atoms. The third kappa shape index (κ3) is 5.29. The molecule has 0 fully saturated rings. The van der Waals surface area contributed by atoms with Crippen molar-refractivity contribution in [2.45, 2.75) is 26.8 Å². The van der Waals surface area contributed by atoms with Gasteiger partial charge in [0.1, 0.15) is 5.82 Å². The molecule has 0 saturated carbocycles. The summed E-state index contributed by atoms with van der Waals surface area (Å²) < 4.78 is 12.8. The van der Waals surface area contributed by atoms with Crippen LogP contribution >= 0.6 is 0 Å². The number of benzene rings is 1. The lowest BCUT2D eigenvalue weighted by Gasteiger charge is -2.30. The molecule has 0 saturated heterocycles. The molecule has 0 atom stereocenters. The van der Waals surface area contributed by atoms with E-state index in [1.54, 1.807) is 0 Å². The normalized spacial score (nSPS) is 12.1. The highest BCUT2D eigenvalue weighted by molar-refractivity contribution is 5.15. The number of nitrogens with two attached hydrogens (primary N) is 1. The van der Waals surface area contributed by atoms with Crippen LogP contribution in [0.15, 0.2) is 24.3 Å². The Balaban J connectivity index is 2.49. The van der Waals surface area contributed by atoms with E-state index in [1.807, 2.05) is 12.1 Å². The van der Waals surface area contributed by atoms with E-state index in [-0.39, 0.29) is 11.2 Å². The molecule has 0 heterocycles. The van der Waals surface area contributed by atoms with E-state index in [0.29, 0.717) is 0 Å². The van der Waals surface area contributed by atoms with E-state index in [4.69, 9.17) is 5.73 Å². The highest BCUT2D eigenvalue weighted by Gasteiger charge is 2.19. The van der Waals surface area contributed by atoms with Crippen molar-refractivity contribution in [3.8, 4) is 0 Å². The third-order valence-electron chi connectivity index (χ3n) is 2.88. The van der Waals surface area contributed by atoms with Gasteiger partial charge in [-0.15, -0.1) is 0 Å². The Morgan fingerprint density at radius 3 is 2.35 bits per heavy atom. The second-order valence-corrected chi connectivity index (χ2v) is 5.50. The zero-order chi connectivity index (χ0) is 12.9. The van der Waals surface area contributed by atoms with E-state index < -0.39 is 0 Å². The van der Waals surface area contributed by atoms with E-state index in [0.717, 1.165) is 31.6 Å². The van der Waals surface area contributed by atoms with Gasteiger partial charge in [0.05, 0.1) is 0 Å². The zero-order valence-corrected chi connectivity index (χ0v) is 11.0. The lowest BCUT2D eigenvalue weighted by molar-refractivity contribution is 0.195. The highest BCUT2D eigenvalue weighted by atomic mass is 19.1. The van der Waals surface area contributed by atoms with Crippen molar-refractivity contribution in [3.05, 3.63) is 35.6 Å². The summed E-state index contributed by atoms with van der Waals surface area (Å²) in [5.41, 5.74) is 6.96. The minimum atomic E-state index is -0.181. The molecule has 0 aliphatic carbocycles. The number of hydrogen-bond acceptors (Lipinski definition) is 2. The zero-order valence-electron chi connectivity index (χ0n) is 11.0. The maximum Gasteiger partial charge on any atom is 0.123 e. The summed E-state index contributed by atoms with van der Waals surface area (Å²) in [6.45, 7) is 7.00. The van der Waals surface area contributed by atoms with Crippen LogP contribution in [0.5, 0.6) is 0 Å². The largest absolute Gasteiger partial charge is 0.330 e. The molecule has 1 rings (SSSR count). The van der Waals surface area contributed by atoms with Gasteiger partial charge in [-0.25, -0.2) is 4.39 Å². The fourth-order valence-electron chi connectivity index (χ4n) is 2.16. The first-order chi connectivity index (χ1) is 7.93. The van der Waals surface area contributed by atoms with E-state index >= 15 is 0 Å². The van der Waals surface area contributed by atoms with Crippen LogP contribution in [-0.2, 0) is 6.54 Å². The van der Waals surface area contributed by atoms with E-state index in [2.05, 4.69) is 25.8 Å². The Labute approximate surface area is 104 Å². The molecule has 2 nitrogen and oxygen atoms in total. The van der Waals surface area contributed by atoms with Crippen molar-refractivity contribution < 1.29 is 4.39 Å². The molecule has 0 bridgehead atoms. The molecule has 96 valence electrons. The molecular weight excluding hydrogens is 215 g/mol. The van der Waals surface area contributed by atoms with Crippen LogP contribution < -0.4 is 5.73 Å². The summed E-state index contributed by atoms with van der Waals surface area (Å²) >= 11 is 0. The molecule has 17 heavy (non-hydrogen) atoms. The van der Waals surface area contributed by atoms with Crippen LogP contribution in [0.2, 0.25) is 0 Å². The van der Waals surface area contributed by atoms with Gasteiger partial charge in [-0.1, -0.05) is 26.0 Å². The van der Waals surface area contributed by atoms with Gasteiger partial charge < -0.3 is 10.6 Å². The lowest BCUT2D eigenvalue weighted by Crippen LogP contribution is -2.32. The molecule has 0 unspecified atom stereocenters. The summed E-state index contributed by atoms with van der Waals surface area (Å²) in [5, 5.41) is 0. The molecule has 2 N–H and O–H groups in total. The van der Waals surface area contributed by atoms with Crippen LogP contribution in [0.4, 0.5) is 4.39 Å². The number of hydrogen-bond donors (Lipinski definition) is 1. The first-order valence-electron chi connectivity index (χ1n) is 6.06. The molecule has 1 aromatic carbocycles. The van der Waals surface area contributed by atoms with Crippen molar-refractivity contribution in [1.82, 2.24) is 4.90 Å². The van der Waals surface area contributed by atoms with Gasteiger partial charge in [0.2, 0.25) is 0 Å². The molecular formula is C14H23FN2. The molecule has 0 aliphatic rings. The van der Waals surface area contributed by atoms with Crippen molar-refractivity contribution in [2.75, 3.05) is 20.1 Å². The summed E-state index contributed by atoms with van der Waals surface area (Å²) in [5.74, 6) is -0.181. The van der Waals surface area contributed by atoms with Crippen molar-refractivity contribution in [1.29, 1.82) is 0 Å². The monoisotopic (exact) mass is 238 g/mol. The fourth-order valence-corrected chi connectivity index (χ4v) is 2.16. The average Bonchev–Trinajstić information content (AvgIpc) is 2.20. The van der Waals surface area contributed by atoms with E-state index in [9.17, 15) is 4.39 Å². The lowest BCUT2D eigenvalue weighted by atomic mass is 9.89. The third-order valence-corrected chi connectivity index (χ3v) is 2.88. The molecule has 3 heteroatoms. The van der Waals surface area contributed by atoms with E-state index in [1.165, 1.54) is 12.1 Å². The van der Waals surface area contributed by atoms with Gasteiger partial charge >= 0.3 is 0 Å². The maximum atomic E-state index is 12.8. The van der Waals surface area contributed by atoms with Crippen LogP contribution in [0, 0.1) is 11.2 Å². The molecule has 0 aromatic heterocycles. The van der Waals surface area contributed by atoms with Gasteiger partial charge in [-0.3, -0.25) is 0 Å². The molecule has 0 aliphatic heterocycles.